The maximum Gasteiger partial charge on any atom is 0.407 e. The summed E-state index contributed by atoms with van der Waals surface area (Å²) >= 11 is 5.89. The van der Waals surface area contributed by atoms with Gasteiger partial charge in [-0.05, 0) is 53.8 Å². The van der Waals surface area contributed by atoms with Crippen molar-refractivity contribution in [3.05, 3.63) is 83.5 Å². The van der Waals surface area contributed by atoms with Crippen molar-refractivity contribution in [2.75, 3.05) is 12.3 Å². The molecule has 11 nitrogen and oxygen atoms in total. The number of fused-ring (bicyclic) bond motifs is 2. The van der Waals surface area contributed by atoms with E-state index in [0.29, 0.717) is 29.6 Å². The summed E-state index contributed by atoms with van der Waals surface area (Å²) in [5.41, 5.74) is 9.01. The monoisotopic (exact) mass is 567 g/mol. The number of hydrogen-bond acceptors (Lipinski definition) is 8. The number of carbonyl (C=O) groups is 1. The van der Waals surface area contributed by atoms with E-state index in [-0.39, 0.29) is 30.0 Å². The average Bonchev–Trinajstić information content (AvgIpc) is 3.52. The first kappa shape index (κ1) is 26.4. The van der Waals surface area contributed by atoms with Crippen molar-refractivity contribution in [2.24, 2.45) is 0 Å². The predicted octanol–water partition coefficient (Wildman–Crippen LogP) is 4.10. The van der Waals surface area contributed by atoms with Crippen LogP contribution in [0, 0.1) is 0 Å². The van der Waals surface area contributed by atoms with Crippen LogP contribution >= 0.6 is 11.6 Å². The Balaban J connectivity index is 1.09. The van der Waals surface area contributed by atoms with Gasteiger partial charge in [0.2, 0.25) is 15.3 Å². The first-order chi connectivity index (χ1) is 18.8. The molecule has 5 rings (SSSR count). The van der Waals surface area contributed by atoms with Crippen LogP contribution in [0.4, 0.5) is 10.6 Å². The van der Waals surface area contributed by atoms with Gasteiger partial charge in [-0.25, -0.2) is 22.2 Å². The van der Waals surface area contributed by atoms with Gasteiger partial charge in [-0.3, -0.25) is 0 Å². The third-order valence-corrected chi connectivity index (χ3v) is 7.92. The van der Waals surface area contributed by atoms with Gasteiger partial charge in [0.1, 0.15) is 5.52 Å². The summed E-state index contributed by atoms with van der Waals surface area (Å²) in [4.78, 5) is 24.4. The molecule has 0 bridgehead atoms. The number of carbonyl (C=O) groups excluding carboxylic acids is 1. The van der Waals surface area contributed by atoms with Crippen LogP contribution in [-0.2, 0) is 33.6 Å². The zero-order valence-electron chi connectivity index (χ0n) is 20.8. The van der Waals surface area contributed by atoms with Crippen molar-refractivity contribution in [3.63, 3.8) is 0 Å². The van der Waals surface area contributed by atoms with Crippen molar-refractivity contribution in [1.82, 2.24) is 28.8 Å². The Morgan fingerprint density at radius 3 is 2.69 bits per heavy atom. The Morgan fingerprint density at radius 1 is 1.05 bits per heavy atom. The molecule has 0 unspecified atom stereocenters. The van der Waals surface area contributed by atoms with Crippen LogP contribution in [-0.4, -0.2) is 44.6 Å². The zero-order valence-corrected chi connectivity index (χ0v) is 22.4. The van der Waals surface area contributed by atoms with Crippen molar-refractivity contribution in [2.45, 2.75) is 31.7 Å². The number of ether oxygens (including phenoxy) is 1. The van der Waals surface area contributed by atoms with Gasteiger partial charge in [0.15, 0.2) is 11.5 Å². The number of halogens is 1. The first-order valence-corrected chi connectivity index (χ1v) is 14.2. The highest BCUT2D eigenvalue weighted by atomic mass is 35.5. The first-order valence-electron chi connectivity index (χ1n) is 12.2. The molecule has 0 spiro atoms. The lowest BCUT2D eigenvalue weighted by Gasteiger charge is -2.09. The summed E-state index contributed by atoms with van der Waals surface area (Å²) in [5.74, 6) is 0.136. The standard InChI is InChI=1S/C26H26ClN7O4S/c27-25-31-23(28)22-24(32-25)33(17-30-22)11-4-5-13-38-26(35)29-15-19-8-9-21-20(14-19)10-12-34(21)39(36,37)16-18-6-2-1-3-7-18/h1-3,6-10,12,14,17H,4-5,11,13,15-16H2,(H,29,35)(H2,28,31,32). The van der Waals surface area contributed by atoms with Crippen LogP contribution in [0.25, 0.3) is 22.1 Å². The molecule has 0 saturated heterocycles. The van der Waals surface area contributed by atoms with Gasteiger partial charge in [-0.15, -0.1) is 0 Å². The van der Waals surface area contributed by atoms with Crippen molar-refractivity contribution < 1.29 is 17.9 Å². The fraction of sp³-hybridized carbons (Fsp3) is 0.231. The van der Waals surface area contributed by atoms with E-state index < -0.39 is 16.1 Å². The molecule has 0 radical (unpaired) electrons. The van der Waals surface area contributed by atoms with Crippen molar-refractivity contribution >= 4 is 55.6 Å². The largest absolute Gasteiger partial charge is 0.450 e. The Kier molecular flexibility index (Phi) is 7.66. The number of aryl methyl sites for hydroxylation is 1. The van der Waals surface area contributed by atoms with E-state index in [0.717, 1.165) is 22.9 Å². The van der Waals surface area contributed by atoms with Gasteiger partial charge in [-0.2, -0.15) is 9.97 Å². The molecule has 3 N–H and O–H groups in total. The molecule has 5 aromatic rings. The van der Waals surface area contributed by atoms with Crippen molar-refractivity contribution in [3.8, 4) is 0 Å². The highest BCUT2D eigenvalue weighted by Gasteiger charge is 2.17. The van der Waals surface area contributed by atoms with E-state index in [4.69, 9.17) is 22.1 Å². The van der Waals surface area contributed by atoms with Crippen LogP contribution < -0.4 is 11.1 Å². The van der Waals surface area contributed by atoms with E-state index >= 15 is 0 Å². The second kappa shape index (κ2) is 11.3. The predicted molar refractivity (Wildman–Crippen MR) is 149 cm³/mol. The summed E-state index contributed by atoms with van der Waals surface area (Å²) < 4.78 is 34.3. The second-order valence-corrected chi connectivity index (χ2v) is 11.1. The topological polar surface area (TPSA) is 147 Å². The third kappa shape index (κ3) is 6.13. The molecule has 0 aliphatic rings. The average molecular weight is 568 g/mol. The van der Waals surface area contributed by atoms with E-state index in [1.807, 2.05) is 28.8 Å². The van der Waals surface area contributed by atoms with Crippen LogP contribution in [0.1, 0.15) is 24.0 Å². The number of alkyl carbamates (subject to hydrolysis) is 1. The Hall–Kier alpha value is -4.16. The second-order valence-electron chi connectivity index (χ2n) is 8.93. The fourth-order valence-corrected chi connectivity index (χ4v) is 5.89. The third-order valence-electron chi connectivity index (χ3n) is 6.14. The number of nitrogens with one attached hydrogen (secondary N) is 1. The van der Waals surface area contributed by atoms with E-state index in [2.05, 4.69) is 20.3 Å². The fourth-order valence-electron chi connectivity index (χ4n) is 4.25. The Bertz CT molecular complexity index is 1740. The van der Waals surface area contributed by atoms with E-state index in [9.17, 15) is 13.2 Å². The number of rotatable bonds is 10. The van der Waals surface area contributed by atoms with E-state index in [1.165, 1.54) is 3.97 Å². The highest BCUT2D eigenvalue weighted by Crippen LogP contribution is 2.22. The summed E-state index contributed by atoms with van der Waals surface area (Å²) in [6.45, 7) is 1.10. The Labute approximate surface area is 229 Å². The minimum Gasteiger partial charge on any atom is -0.450 e. The summed E-state index contributed by atoms with van der Waals surface area (Å²) in [5, 5.41) is 3.55. The minimum atomic E-state index is -3.58. The van der Waals surface area contributed by atoms with Crippen LogP contribution in [0.5, 0.6) is 0 Å². The van der Waals surface area contributed by atoms with Gasteiger partial charge in [0.05, 0.1) is 24.2 Å². The molecule has 0 fully saturated rings. The van der Waals surface area contributed by atoms with Crippen LogP contribution in [0.3, 0.4) is 0 Å². The van der Waals surface area contributed by atoms with Crippen molar-refractivity contribution in [1.29, 1.82) is 0 Å². The smallest absolute Gasteiger partial charge is 0.407 e. The maximum atomic E-state index is 12.9. The SMILES string of the molecule is Nc1nc(Cl)nc2c1ncn2CCCCOC(=O)NCc1ccc2c(ccn2S(=O)(=O)Cc2ccccc2)c1. The quantitative estimate of drug-likeness (QED) is 0.189. The summed E-state index contributed by atoms with van der Waals surface area (Å²) in [6.07, 6.45) is 4.01. The number of hydrogen-bond donors (Lipinski definition) is 2. The number of benzene rings is 2. The number of amides is 1. The minimum absolute atomic E-state index is 0.0616. The molecule has 0 aliphatic heterocycles. The molecule has 1 amide bonds. The zero-order chi connectivity index (χ0) is 27.4. The molecular weight excluding hydrogens is 542 g/mol. The van der Waals surface area contributed by atoms with Gasteiger partial charge < -0.3 is 20.4 Å². The van der Waals surface area contributed by atoms with Gasteiger partial charge >= 0.3 is 6.09 Å². The molecule has 0 saturated carbocycles. The molecule has 3 aromatic heterocycles. The number of imidazole rings is 1. The number of aromatic nitrogens is 5. The highest BCUT2D eigenvalue weighted by molar-refractivity contribution is 7.89. The molecule has 202 valence electrons. The van der Waals surface area contributed by atoms with Gasteiger partial charge in [0, 0.05) is 24.7 Å². The maximum absolute atomic E-state index is 12.9. The summed E-state index contributed by atoms with van der Waals surface area (Å²) in [6, 6.07) is 16.2. The molecular formula is C26H26ClN7O4S. The van der Waals surface area contributed by atoms with E-state index in [1.54, 1.807) is 42.9 Å². The molecule has 0 aliphatic carbocycles. The lowest BCUT2D eigenvalue weighted by molar-refractivity contribution is 0.143. The van der Waals surface area contributed by atoms with Crippen LogP contribution in [0.2, 0.25) is 5.28 Å². The lowest BCUT2D eigenvalue weighted by atomic mass is 10.1. The number of nitrogen functional groups attached to an aromatic ring is 1. The molecule has 39 heavy (non-hydrogen) atoms. The number of nitrogens with zero attached hydrogens (tertiary/aromatic N) is 5. The number of unbranched alkanes of at least 4 members (excludes halogenated alkanes) is 1. The normalized spacial score (nSPS) is 11.7. The Morgan fingerprint density at radius 2 is 1.87 bits per heavy atom. The molecule has 3 heterocycles. The van der Waals surface area contributed by atoms with Crippen LogP contribution in [0.15, 0.2) is 67.1 Å². The molecule has 2 aromatic carbocycles. The molecule has 13 heteroatoms. The molecule has 0 atom stereocenters. The van der Waals surface area contributed by atoms with Gasteiger partial charge in [0.25, 0.3) is 0 Å². The van der Waals surface area contributed by atoms with Gasteiger partial charge in [-0.1, -0.05) is 36.4 Å². The number of nitrogens with two attached hydrogens (primary N) is 1. The number of anilines is 1. The lowest BCUT2D eigenvalue weighted by Crippen LogP contribution is -2.24. The summed E-state index contributed by atoms with van der Waals surface area (Å²) in [7, 11) is -3.58.